The molecule has 2 atom stereocenters. The highest BCUT2D eigenvalue weighted by molar-refractivity contribution is 5.64. The molecule has 24 heavy (non-hydrogen) atoms. The molecule has 2 N–H and O–H groups in total. The van der Waals surface area contributed by atoms with Crippen LogP contribution in [0.3, 0.4) is 0 Å². The summed E-state index contributed by atoms with van der Waals surface area (Å²) in [6, 6.07) is 10.5. The van der Waals surface area contributed by atoms with E-state index in [4.69, 9.17) is 4.74 Å². The molecular weight excluding hydrogens is 302 g/mol. The third-order valence-corrected chi connectivity index (χ3v) is 4.36. The number of nitrogens with zero attached hydrogens (tertiary/aromatic N) is 3. The first-order chi connectivity index (χ1) is 11.7. The molecule has 0 fully saturated rings. The highest BCUT2D eigenvalue weighted by Gasteiger charge is 2.15. The Morgan fingerprint density at radius 3 is 2.92 bits per heavy atom. The Bertz CT molecular complexity index is 765. The van der Waals surface area contributed by atoms with Gasteiger partial charge in [0.15, 0.2) is 0 Å². The summed E-state index contributed by atoms with van der Waals surface area (Å²) in [6.45, 7) is 5.05. The number of aromatic amines is 1. The Kier molecular flexibility index (Phi) is 4.96. The summed E-state index contributed by atoms with van der Waals surface area (Å²) >= 11 is 0. The fourth-order valence-corrected chi connectivity index (χ4v) is 2.67. The molecule has 0 aliphatic carbocycles. The molecule has 6 nitrogen and oxygen atoms in total. The van der Waals surface area contributed by atoms with Gasteiger partial charge >= 0.3 is 0 Å². The van der Waals surface area contributed by atoms with Crippen molar-refractivity contribution in [2.75, 3.05) is 7.11 Å². The maximum Gasteiger partial charge on any atom is 0.119 e. The Labute approximate surface area is 141 Å². The lowest BCUT2D eigenvalue weighted by Gasteiger charge is -2.21. The lowest BCUT2D eigenvalue weighted by molar-refractivity contribution is 0.365. The molecule has 2 heterocycles. The zero-order valence-electron chi connectivity index (χ0n) is 14.2. The highest BCUT2D eigenvalue weighted by Crippen LogP contribution is 2.25. The quantitative estimate of drug-likeness (QED) is 0.701. The van der Waals surface area contributed by atoms with Crippen molar-refractivity contribution in [1.29, 1.82) is 0 Å². The Morgan fingerprint density at radius 1 is 1.29 bits per heavy atom. The molecule has 0 unspecified atom stereocenters. The predicted molar refractivity (Wildman–Crippen MR) is 93.8 cm³/mol. The number of ether oxygens (including phenoxy) is 1. The van der Waals surface area contributed by atoms with Crippen LogP contribution in [0, 0.1) is 0 Å². The zero-order valence-corrected chi connectivity index (χ0v) is 14.2. The molecule has 0 saturated carbocycles. The lowest BCUT2D eigenvalue weighted by Crippen LogP contribution is -2.33. The van der Waals surface area contributed by atoms with Gasteiger partial charge in [0.2, 0.25) is 0 Å². The van der Waals surface area contributed by atoms with Crippen LogP contribution in [-0.4, -0.2) is 33.1 Å². The Balaban J connectivity index is 1.69. The smallest absolute Gasteiger partial charge is 0.119 e. The first-order valence-corrected chi connectivity index (χ1v) is 8.08. The molecular formula is C18H23N5O. The molecule has 0 amide bonds. The number of rotatable bonds is 7. The molecule has 2 aromatic heterocycles. The van der Waals surface area contributed by atoms with E-state index in [1.807, 2.05) is 41.3 Å². The molecule has 3 rings (SSSR count). The van der Waals surface area contributed by atoms with Crippen LogP contribution >= 0.6 is 0 Å². The number of H-pyrrole nitrogens is 1. The molecule has 0 saturated heterocycles. The standard InChI is InChI=1S/C18H23N5O/c1-13(14(2)23-9-5-8-21-23)19-11-16-12-20-22-18(16)15-6-4-7-17(10-15)24-3/h4-10,12-14,19H,11H2,1-3H3,(H,20,22)/t13-,14-/m0/s1. The van der Waals surface area contributed by atoms with Crippen LogP contribution in [0.15, 0.2) is 48.9 Å². The van der Waals surface area contributed by atoms with Gasteiger partial charge in [0.25, 0.3) is 0 Å². The minimum absolute atomic E-state index is 0.271. The van der Waals surface area contributed by atoms with Crippen molar-refractivity contribution >= 4 is 0 Å². The molecule has 1 aromatic carbocycles. The van der Waals surface area contributed by atoms with Crippen molar-refractivity contribution < 1.29 is 4.74 Å². The van der Waals surface area contributed by atoms with Gasteiger partial charge in [-0.1, -0.05) is 12.1 Å². The minimum Gasteiger partial charge on any atom is -0.497 e. The molecule has 0 bridgehead atoms. The summed E-state index contributed by atoms with van der Waals surface area (Å²) < 4.78 is 7.27. The van der Waals surface area contributed by atoms with Crippen LogP contribution in [0.2, 0.25) is 0 Å². The van der Waals surface area contributed by atoms with Gasteiger partial charge in [0, 0.05) is 36.1 Å². The number of methoxy groups -OCH3 is 1. The molecule has 0 spiro atoms. The predicted octanol–water partition coefficient (Wildman–Crippen LogP) is 3.02. The molecule has 0 aliphatic rings. The first-order valence-electron chi connectivity index (χ1n) is 8.08. The van der Waals surface area contributed by atoms with E-state index in [1.165, 1.54) is 0 Å². The topological polar surface area (TPSA) is 67.8 Å². The summed E-state index contributed by atoms with van der Waals surface area (Å²) in [4.78, 5) is 0. The summed E-state index contributed by atoms with van der Waals surface area (Å²) in [5, 5.41) is 15.2. The highest BCUT2D eigenvalue weighted by atomic mass is 16.5. The maximum absolute atomic E-state index is 5.30. The fourth-order valence-electron chi connectivity index (χ4n) is 2.67. The third kappa shape index (κ3) is 3.49. The minimum atomic E-state index is 0.271. The van der Waals surface area contributed by atoms with Crippen LogP contribution in [0.25, 0.3) is 11.3 Å². The second kappa shape index (κ2) is 7.31. The van der Waals surface area contributed by atoms with E-state index >= 15 is 0 Å². The van der Waals surface area contributed by atoms with Crippen LogP contribution in [0.5, 0.6) is 5.75 Å². The number of hydrogen-bond donors (Lipinski definition) is 2. The summed E-state index contributed by atoms with van der Waals surface area (Å²) in [6.07, 6.45) is 5.66. The molecule has 0 radical (unpaired) electrons. The zero-order chi connectivity index (χ0) is 16.9. The van der Waals surface area contributed by atoms with Crippen molar-refractivity contribution in [1.82, 2.24) is 25.3 Å². The van der Waals surface area contributed by atoms with E-state index in [0.717, 1.165) is 29.1 Å². The van der Waals surface area contributed by atoms with Gasteiger partial charge in [-0.25, -0.2) is 0 Å². The number of hydrogen-bond acceptors (Lipinski definition) is 4. The second-order valence-corrected chi connectivity index (χ2v) is 5.90. The van der Waals surface area contributed by atoms with Crippen LogP contribution in [0.1, 0.15) is 25.5 Å². The van der Waals surface area contributed by atoms with Gasteiger partial charge in [0.05, 0.1) is 25.0 Å². The van der Waals surface area contributed by atoms with Crippen molar-refractivity contribution in [3.8, 4) is 17.0 Å². The van der Waals surface area contributed by atoms with E-state index in [9.17, 15) is 0 Å². The summed E-state index contributed by atoms with van der Waals surface area (Å²) in [7, 11) is 1.67. The van der Waals surface area contributed by atoms with Crippen molar-refractivity contribution in [3.05, 3.63) is 54.5 Å². The molecule has 0 aliphatic heterocycles. The van der Waals surface area contributed by atoms with Crippen molar-refractivity contribution in [3.63, 3.8) is 0 Å². The van der Waals surface area contributed by atoms with E-state index in [2.05, 4.69) is 40.5 Å². The average Bonchev–Trinajstić information content (AvgIpc) is 3.30. The van der Waals surface area contributed by atoms with E-state index in [-0.39, 0.29) is 12.1 Å². The van der Waals surface area contributed by atoms with Gasteiger partial charge in [0.1, 0.15) is 5.75 Å². The lowest BCUT2D eigenvalue weighted by atomic mass is 10.1. The largest absolute Gasteiger partial charge is 0.497 e. The SMILES string of the molecule is COc1cccc(-c2[nH]ncc2CN[C@@H](C)[C@H](C)n2cccn2)c1. The van der Waals surface area contributed by atoms with Crippen LogP contribution in [-0.2, 0) is 6.54 Å². The van der Waals surface area contributed by atoms with E-state index in [1.54, 1.807) is 13.3 Å². The number of nitrogens with one attached hydrogen (secondary N) is 2. The number of aromatic nitrogens is 4. The Morgan fingerprint density at radius 2 is 2.17 bits per heavy atom. The van der Waals surface area contributed by atoms with Gasteiger partial charge in [-0.2, -0.15) is 10.2 Å². The van der Waals surface area contributed by atoms with E-state index in [0.29, 0.717) is 0 Å². The Hall–Kier alpha value is -2.60. The third-order valence-electron chi connectivity index (χ3n) is 4.36. The van der Waals surface area contributed by atoms with Gasteiger partial charge in [-0.3, -0.25) is 9.78 Å². The van der Waals surface area contributed by atoms with Gasteiger partial charge < -0.3 is 10.1 Å². The molecule has 126 valence electrons. The fraction of sp³-hybridized carbons (Fsp3) is 0.333. The van der Waals surface area contributed by atoms with Crippen LogP contribution < -0.4 is 10.1 Å². The maximum atomic E-state index is 5.30. The normalized spacial score (nSPS) is 13.6. The van der Waals surface area contributed by atoms with Crippen molar-refractivity contribution in [2.45, 2.75) is 32.5 Å². The van der Waals surface area contributed by atoms with E-state index < -0.39 is 0 Å². The summed E-state index contributed by atoms with van der Waals surface area (Å²) in [5.41, 5.74) is 3.21. The first kappa shape index (κ1) is 16.3. The molecule has 6 heteroatoms. The average molecular weight is 325 g/mol. The van der Waals surface area contributed by atoms with Gasteiger partial charge in [-0.15, -0.1) is 0 Å². The van der Waals surface area contributed by atoms with Gasteiger partial charge in [-0.05, 0) is 32.0 Å². The summed E-state index contributed by atoms with van der Waals surface area (Å²) in [5.74, 6) is 0.835. The number of benzene rings is 1. The van der Waals surface area contributed by atoms with Crippen molar-refractivity contribution in [2.24, 2.45) is 0 Å². The molecule has 3 aromatic rings. The second-order valence-electron chi connectivity index (χ2n) is 5.90. The van der Waals surface area contributed by atoms with Crippen LogP contribution in [0.4, 0.5) is 0 Å². The monoisotopic (exact) mass is 325 g/mol.